The SMILES string of the molecule is COc1ccccc1C(=O)N(C)C1CCNCC1. The Hall–Kier alpha value is -1.55. The Bertz CT molecular complexity index is 414. The number of amides is 1. The van der Waals surface area contributed by atoms with E-state index in [1.54, 1.807) is 7.11 Å². The molecular weight excluding hydrogens is 228 g/mol. The first-order valence-electron chi connectivity index (χ1n) is 6.35. The Morgan fingerprint density at radius 3 is 2.67 bits per heavy atom. The second-order valence-corrected chi connectivity index (χ2v) is 4.60. The molecule has 18 heavy (non-hydrogen) atoms. The van der Waals surface area contributed by atoms with Gasteiger partial charge in [-0.05, 0) is 38.1 Å². The zero-order valence-corrected chi connectivity index (χ0v) is 11.0. The van der Waals surface area contributed by atoms with Gasteiger partial charge in [0.1, 0.15) is 5.75 Å². The van der Waals surface area contributed by atoms with Gasteiger partial charge in [0.25, 0.3) is 5.91 Å². The van der Waals surface area contributed by atoms with Gasteiger partial charge in [-0.2, -0.15) is 0 Å². The highest BCUT2D eigenvalue weighted by molar-refractivity contribution is 5.97. The molecule has 4 heteroatoms. The van der Waals surface area contributed by atoms with Gasteiger partial charge in [-0.3, -0.25) is 4.79 Å². The van der Waals surface area contributed by atoms with E-state index in [9.17, 15) is 4.79 Å². The molecule has 4 nitrogen and oxygen atoms in total. The predicted molar refractivity (Wildman–Crippen MR) is 71.0 cm³/mol. The summed E-state index contributed by atoms with van der Waals surface area (Å²) in [7, 11) is 3.47. The van der Waals surface area contributed by atoms with Crippen molar-refractivity contribution in [3.63, 3.8) is 0 Å². The standard InChI is InChI=1S/C14H20N2O2/c1-16(11-7-9-15-10-8-11)14(17)12-5-3-4-6-13(12)18-2/h3-6,11,15H,7-10H2,1-2H3. The maximum atomic E-state index is 12.4. The number of benzene rings is 1. The summed E-state index contributed by atoms with van der Waals surface area (Å²) < 4.78 is 5.24. The van der Waals surface area contributed by atoms with Crippen molar-refractivity contribution >= 4 is 5.91 Å². The fourth-order valence-corrected chi connectivity index (χ4v) is 2.37. The zero-order chi connectivity index (χ0) is 13.0. The monoisotopic (exact) mass is 248 g/mol. The summed E-state index contributed by atoms with van der Waals surface area (Å²) in [6.07, 6.45) is 2.02. The predicted octanol–water partition coefficient (Wildman–Crippen LogP) is 1.52. The first-order chi connectivity index (χ1) is 8.74. The molecule has 0 spiro atoms. The molecule has 0 aromatic heterocycles. The molecule has 0 saturated carbocycles. The first-order valence-corrected chi connectivity index (χ1v) is 6.35. The van der Waals surface area contributed by atoms with Gasteiger partial charge < -0.3 is 15.0 Å². The molecule has 1 aromatic carbocycles. The van der Waals surface area contributed by atoms with E-state index < -0.39 is 0 Å². The van der Waals surface area contributed by atoms with Crippen LogP contribution >= 0.6 is 0 Å². The van der Waals surface area contributed by atoms with Crippen LogP contribution in [-0.2, 0) is 0 Å². The lowest BCUT2D eigenvalue weighted by Crippen LogP contribution is -2.44. The van der Waals surface area contributed by atoms with Crippen molar-refractivity contribution < 1.29 is 9.53 Å². The summed E-state index contributed by atoms with van der Waals surface area (Å²) >= 11 is 0. The van der Waals surface area contributed by atoms with E-state index in [0.29, 0.717) is 17.4 Å². The number of rotatable bonds is 3. The average Bonchev–Trinajstić information content (AvgIpc) is 2.46. The minimum Gasteiger partial charge on any atom is -0.496 e. The van der Waals surface area contributed by atoms with E-state index in [1.165, 1.54) is 0 Å². The number of nitrogens with one attached hydrogen (secondary N) is 1. The van der Waals surface area contributed by atoms with Crippen LogP contribution in [0.25, 0.3) is 0 Å². The number of carbonyl (C=O) groups excluding carboxylic acids is 1. The van der Waals surface area contributed by atoms with Crippen LogP contribution in [0.2, 0.25) is 0 Å². The van der Waals surface area contributed by atoms with Gasteiger partial charge in [0, 0.05) is 13.1 Å². The molecule has 1 saturated heterocycles. The number of para-hydroxylation sites is 1. The van der Waals surface area contributed by atoms with E-state index >= 15 is 0 Å². The van der Waals surface area contributed by atoms with Gasteiger partial charge >= 0.3 is 0 Å². The van der Waals surface area contributed by atoms with E-state index in [-0.39, 0.29) is 5.91 Å². The van der Waals surface area contributed by atoms with Gasteiger partial charge in [0.2, 0.25) is 0 Å². The Morgan fingerprint density at radius 2 is 2.00 bits per heavy atom. The number of hydrogen-bond donors (Lipinski definition) is 1. The molecule has 1 heterocycles. The quantitative estimate of drug-likeness (QED) is 0.881. The highest BCUT2D eigenvalue weighted by atomic mass is 16.5. The Labute approximate surface area is 108 Å². The molecular formula is C14H20N2O2. The van der Waals surface area contributed by atoms with Crippen molar-refractivity contribution in [2.75, 3.05) is 27.2 Å². The molecule has 1 amide bonds. The largest absolute Gasteiger partial charge is 0.496 e. The summed E-state index contributed by atoms with van der Waals surface area (Å²) in [5.74, 6) is 0.683. The first kappa shape index (κ1) is 12.9. The number of carbonyl (C=O) groups is 1. The number of piperidine rings is 1. The second kappa shape index (κ2) is 5.87. The van der Waals surface area contributed by atoms with Crippen LogP contribution in [0, 0.1) is 0 Å². The van der Waals surface area contributed by atoms with Crippen molar-refractivity contribution in [1.82, 2.24) is 10.2 Å². The van der Waals surface area contributed by atoms with Crippen molar-refractivity contribution in [1.29, 1.82) is 0 Å². The van der Waals surface area contributed by atoms with Crippen LogP contribution in [0.5, 0.6) is 5.75 Å². The normalized spacial score (nSPS) is 16.3. The van der Waals surface area contributed by atoms with Crippen LogP contribution < -0.4 is 10.1 Å². The fourth-order valence-electron chi connectivity index (χ4n) is 2.37. The number of methoxy groups -OCH3 is 1. The summed E-state index contributed by atoms with van der Waals surface area (Å²) in [6, 6.07) is 7.71. The topological polar surface area (TPSA) is 41.6 Å². The highest BCUT2D eigenvalue weighted by Crippen LogP contribution is 2.21. The van der Waals surface area contributed by atoms with Crippen molar-refractivity contribution in [3.05, 3.63) is 29.8 Å². The van der Waals surface area contributed by atoms with Gasteiger partial charge in [0.15, 0.2) is 0 Å². The molecule has 0 atom stereocenters. The molecule has 1 N–H and O–H groups in total. The van der Waals surface area contributed by atoms with Crippen molar-refractivity contribution in [2.24, 2.45) is 0 Å². The number of hydrogen-bond acceptors (Lipinski definition) is 3. The molecule has 1 aliphatic rings. The van der Waals surface area contributed by atoms with Gasteiger partial charge in [0.05, 0.1) is 12.7 Å². The van der Waals surface area contributed by atoms with Crippen LogP contribution in [0.1, 0.15) is 23.2 Å². The third-order valence-corrected chi connectivity index (χ3v) is 3.51. The number of ether oxygens (including phenoxy) is 1. The van der Waals surface area contributed by atoms with Crippen LogP contribution in [0.3, 0.4) is 0 Å². The smallest absolute Gasteiger partial charge is 0.257 e. The fraction of sp³-hybridized carbons (Fsp3) is 0.500. The van der Waals surface area contributed by atoms with Gasteiger partial charge in [-0.1, -0.05) is 12.1 Å². The molecule has 1 aromatic rings. The van der Waals surface area contributed by atoms with Crippen LogP contribution in [-0.4, -0.2) is 44.1 Å². The molecule has 0 bridgehead atoms. The molecule has 98 valence electrons. The lowest BCUT2D eigenvalue weighted by Gasteiger charge is -2.32. The molecule has 2 rings (SSSR count). The maximum absolute atomic E-state index is 12.4. The molecule has 0 aliphatic carbocycles. The van der Waals surface area contributed by atoms with Gasteiger partial charge in [-0.25, -0.2) is 0 Å². The summed E-state index contributed by atoms with van der Waals surface area (Å²) in [6.45, 7) is 1.96. The molecule has 1 fully saturated rings. The van der Waals surface area contributed by atoms with E-state index in [0.717, 1.165) is 25.9 Å². The van der Waals surface area contributed by atoms with Gasteiger partial charge in [-0.15, -0.1) is 0 Å². The summed E-state index contributed by atoms with van der Waals surface area (Å²) in [5.41, 5.74) is 0.640. The lowest BCUT2D eigenvalue weighted by molar-refractivity contribution is 0.0700. The lowest BCUT2D eigenvalue weighted by atomic mass is 10.0. The minimum absolute atomic E-state index is 0.0411. The third-order valence-electron chi connectivity index (χ3n) is 3.51. The Kier molecular flexibility index (Phi) is 4.20. The van der Waals surface area contributed by atoms with E-state index in [1.807, 2.05) is 36.2 Å². The van der Waals surface area contributed by atoms with Crippen molar-refractivity contribution in [3.8, 4) is 5.75 Å². The Morgan fingerprint density at radius 1 is 1.33 bits per heavy atom. The highest BCUT2D eigenvalue weighted by Gasteiger charge is 2.24. The van der Waals surface area contributed by atoms with Crippen molar-refractivity contribution in [2.45, 2.75) is 18.9 Å². The average molecular weight is 248 g/mol. The Balaban J connectivity index is 2.14. The summed E-state index contributed by atoms with van der Waals surface area (Å²) in [5, 5.41) is 3.31. The summed E-state index contributed by atoms with van der Waals surface area (Å²) in [4.78, 5) is 14.3. The molecule has 0 radical (unpaired) electrons. The van der Waals surface area contributed by atoms with E-state index in [2.05, 4.69) is 5.32 Å². The second-order valence-electron chi connectivity index (χ2n) is 4.60. The van der Waals surface area contributed by atoms with Crippen LogP contribution in [0.4, 0.5) is 0 Å². The van der Waals surface area contributed by atoms with Crippen LogP contribution in [0.15, 0.2) is 24.3 Å². The van der Waals surface area contributed by atoms with E-state index in [4.69, 9.17) is 4.74 Å². The molecule has 0 unspecified atom stereocenters. The molecule has 1 aliphatic heterocycles. The minimum atomic E-state index is 0.0411. The zero-order valence-electron chi connectivity index (χ0n) is 11.0. The maximum Gasteiger partial charge on any atom is 0.257 e. The third kappa shape index (κ3) is 2.64. The number of nitrogens with zero attached hydrogens (tertiary/aromatic N) is 1.